The van der Waals surface area contributed by atoms with Crippen molar-refractivity contribution in [2.45, 2.75) is 57.9 Å². The summed E-state index contributed by atoms with van der Waals surface area (Å²) < 4.78 is 27.6. The van der Waals surface area contributed by atoms with E-state index in [1.54, 1.807) is 12.1 Å². The van der Waals surface area contributed by atoms with Crippen LogP contribution in [-0.2, 0) is 21.4 Å². The van der Waals surface area contributed by atoms with Crippen molar-refractivity contribution in [3.05, 3.63) is 65.2 Å². The summed E-state index contributed by atoms with van der Waals surface area (Å²) in [7, 11) is -3.54. The van der Waals surface area contributed by atoms with Crippen molar-refractivity contribution in [1.82, 2.24) is 9.62 Å². The molecule has 30 heavy (non-hydrogen) atoms. The van der Waals surface area contributed by atoms with Crippen LogP contribution in [-0.4, -0.2) is 31.7 Å². The van der Waals surface area contributed by atoms with E-state index in [1.807, 2.05) is 50.2 Å². The lowest BCUT2D eigenvalue weighted by atomic mass is 9.80. The van der Waals surface area contributed by atoms with E-state index < -0.39 is 15.4 Å². The van der Waals surface area contributed by atoms with Crippen LogP contribution < -0.4 is 5.32 Å². The van der Waals surface area contributed by atoms with Crippen molar-refractivity contribution >= 4 is 15.9 Å². The highest BCUT2D eigenvalue weighted by Gasteiger charge is 2.40. The Morgan fingerprint density at radius 3 is 2.23 bits per heavy atom. The average Bonchev–Trinajstić information content (AvgIpc) is 2.73. The van der Waals surface area contributed by atoms with E-state index in [2.05, 4.69) is 19.2 Å². The minimum atomic E-state index is -3.54. The number of rotatable bonds is 6. The van der Waals surface area contributed by atoms with E-state index in [4.69, 9.17) is 0 Å². The molecule has 1 N–H and O–H groups in total. The molecule has 0 radical (unpaired) electrons. The number of carbonyl (C=O) groups is 1. The Morgan fingerprint density at radius 1 is 1.07 bits per heavy atom. The van der Waals surface area contributed by atoms with E-state index in [9.17, 15) is 13.2 Å². The first kappa shape index (κ1) is 22.5. The van der Waals surface area contributed by atoms with Gasteiger partial charge in [0.05, 0.1) is 4.90 Å². The largest absolute Gasteiger partial charge is 0.352 e. The summed E-state index contributed by atoms with van der Waals surface area (Å²) in [4.78, 5) is 13.2. The van der Waals surface area contributed by atoms with Crippen LogP contribution >= 0.6 is 0 Å². The zero-order valence-electron chi connectivity index (χ0n) is 18.3. The monoisotopic (exact) mass is 428 g/mol. The normalized spacial score (nSPS) is 17.1. The summed E-state index contributed by atoms with van der Waals surface area (Å²) >= 11 is 0. The Hall–Kier alpha value is -2.18. The van der Waals surface area contributed by atoms with Crippen LogP contribution in [0.25, 0.3) is 0 Å². The van der Waals surface area contributed by atoms with Gasteiger partial charge in [-0.1, -0.05) is 57.2 Å². The third-order valence-electron chi connectivity index (χ3n) is 6.26. The number of sulfonamides is 1. The third kappa shape index (κ3) is 4.76. The number of hydrogen-bond donors (Lipinski definition) is 1. The van der Waals surface area contributed by atoms with Crippen LogP contribution in [0, 0.1) is 12.3 Å². The van der Waals surface area contributed by atoms with Gasteiger partial charge >= 0.3 is 0 Å². The molecule has 162 valence electrons. The molecule has 0 bridgehead atoms. The van der Waals surface area contributed by atoms with Crippen LogP contribution in [0.5, 0.6) is 0 Å². The fourth-order valence-electron chi connectivity index (χ4n) is 3.82. The van der Waals surface area contributed by atoms with Crippen LogP contribution in [0.2, 0.25) is 0 Å². The molecule has 1 aliphatic rings. The predicted molar refractivity (Wildman–Crippen MR) is 120 cm³/mol. The molecule has 2 aromatic carbocycles. The summed E-state index contributed by atoms with van der Waals surface area (Å²) in [6, 6.07) is 15.1. The molecule has 6 heteroatoms. The van der Waals surface area contributed by atoms with Crippen LogP contribution in [0.15, 0.2) is 53.4 Å². The Balaban J connectivity index is 1.62. The zero-order valence-corrected chi connectivity index (χ0v) is 19.1. The van der Waals surface area contributed by atoms with Crippen LogP contribution in [0.3, 0.4) is 0 Å². The molecule has 0 aliphatic carbocycles. The molecular weight excluding hydrogens is 396 g/mol. The van der Waals surface area contributed by atoms with Crippen molar-refractivity contribution in [3.8, 4) is 0 Å². The molecule has 0 aromatic heterocycles. The van der Waals surface area contributed by atoms with Gasteiger partial charge in [-0.2, -0.15) is 4.31 Å². The number of amides is 1. The molecule has 0 atom stereocenters. The molecule has 0 saturated carbocycles. The first-order valence-corrected chi connectivity index (χ1v) is 12.0. The van der Waals surface area contributed by atoms with Gasteiger partial charge in [0.1, 0.15) is 0 Å². The summed E-state index contributed by atoms with van der Waals surface area (Å²) in [5.41, 5.74) is 2.80. The van der Waals surface area contributed by atoms with Gasteiger partial charge in [0.15, 0.2) is 0 Å². The minimum Gasteiger partial charge on any atom is -0.352 e. The molecule has 1 aliphatic heterocycles. The molecule has 5 nitrogen and oxygen atoms in total. The molecule has 0 unspecified atom stereocenters. The van der Waals surface area contributed by atoms with E-state index in [0.29, 0.717) is 43.3 Å². The van der Waals surface area contributed by atoms with E-state index in [0.717, 1.165) is 16.7 Å². The highest BCUT2D eigenvalue weighted by molar-refractivity contribution is 7.89. The van der Waals surface area contributed by atoms with Gasteiger partial charge in [-0.05, 0) is 54.5 Å². The van der Waals surface area contributed by atoms with Gasteiger partial charge < -0.3 is 5.32 Å². The van der Waals surface area contributed by atoms with Crippen molar-refractivity contribution in [3.63, 3.8) is 0 Å². The third-order valence-corrected chi connectivity index (χ3v) is 8.17. The number of benzene rings is 2. The first-order valence-electron chi connectivity index (χ1n) is 10.6. The Morgan fingerprint density at radius 2 is 1.67 bits per heavy atom. The molecule has 1 saturated heterocycles. The van der Waals surface area contributed by atoms with Crippen LogP contribution in [0.1, 0.15) is 56.2 Å². The Labute approximate surface area is 180 Å². The SMILES string of the molecule is Cc1ccccc1CNC(=O)C1(C)CCN(S(=O)(=O)c2ccc(C(C)C)cc2)CC1. The summed E-state index contributed by atoms with van der Waals surface area (Å²) in [6.07, 6.45) is 1.02. The second-order valence-corrected chi connectivity index (χ2v) is 10.7. The van der Waals surface area contributed by atoms with Gasteiger partial charge in [0, 0.05) is 25.0 Å². The maximum Gasteiger partial charge on any atom is 0.243 e. The standard InChI is InChI=1S/C24H32N2O3S/c1-18(2)20-9-11-22(12-10-20)30(28,29)26-15-13-24(4,14-16-26)23(27)25-17-21-8-6-5-7-19(21)3/h5-12,18H,13-17H2,1-4H3,(H,25,27). The maximum absolute atomic E-state index is 13.0. The number of nitrogens with one attached hydrogen (secondary N) is 1. The molecular formula is C24H32N2O3S. The predicted octanol–water partition coefficient (Wildman–Crippen LogP) is 4.23. The molecule has 2 aromatic rings. The first-order chi connectivity index (χ1) is 14.1. The Bertz CT molecular complexity index is 989. The fraction of sp³-hybridized carbons (Fsp3) is 0.458. The topological polar surface area (TPSA) is 66.5 Å². The molecule has 1 amide bonds. The summed E-state index contributed by atoms with van der Waals surface area (Å²) in [5, 5.41) is 3.05. The van der Waals surface area contributed by atoms with Crippen LogP contribution in [0.4, 0.5) is 0 Å². The molecule has 1 heterocycles. The van der Waals surface area contributed by atoms with E-state index in [1.165, 1.54) is 4.31 Å². The highest BCUT2D eigenvalue weighted by Crippen LogP contribution is 2.34. The van der Waals surface area contributed by atoms with Crippen molar-refractivity contribution in [2.24, 2.45) is 5.41 Å². The van der Waals surface area contributed by atoms with Gasteiger partial charge in [0.2, 0.25) is 15.9 Å². The molecule has 0 spiro atoms. The summed E-state index contributed by atoms with van der Waals surface area (Å²) in [5.74, 6) is 0.347. The maximum atomic E-state index is 13.0. The lowest BCUT2D eigenvalue weighted by Gasteiger charge is -2.37. The number of aryl methyl sites for hydroxylation is 1. The Kier molecular flexibility index (Phi) is 6.68. The zero-order chi connectivity index (χ0) is 21.9. The molecule has 1 fully saturated rings. The number of piperidine rings is 1. The highest BCUT2D eigenvalue weighted by atomic mass is 32.2. The minimum absolute atomic E-state index is 0.0101. The number of carbonyl (C=O) groups excluding carboxylic acids is 1. The van der Waals surface area contributed by atoms with Crippen molar-refractivity contribution in [2.75, 3.05) is 13.1 Å². The van der Waals surface area contributed by atoms with E-state index >= 15 is 0 Å². The molecule has 3 rings (SSSR count). The lowest BCUT2D eigenvalue weighted by Crippen LogP contribution is -2.48. The smallest absolute Gasteiger partial charge is 0.243 e. The second-order valence-electron chi connectivity index (χ2n) is 8.80. The van der Waals surface area contributed by atoms with Crippen molar-refractivity contribution in [1.29, 1.82) is 0 Å². The number of nitrogens with zero attached hydrogens (tertiary/aromatic N) is 1. The average molecular weight is 429 g/mol. The lowest BCUT2D eigenvalue weighted by molar-refractivity contribution is -0.132. The van der Waals surface area contributed by atoms with Gasteiger partial charge in [0.25, 0.3) is 0 Å². The van der Waals surface area contributed by atoms with E-state index in [-0.39, 0.29) is 5.91 Å². The van der Waals surface area contributed by atoms with Crippen molar-refractivity contribution < 1.29 is 13.2 Å². The number of hydrogen-bond acceptors (Lipinski definition) is 3. The quantitative estimate of drug-likeness (QED) is 0.749. The second kappa shape index (κ2) is 8.90. The van der Waals surface area contributed by atoms with Gasteiger partial charge in [-0.15, -0.1) is 0 Å². The summed E-state index contributed by atoms with van der Waals surface area (Å²) in [6.45, 7) is 9.32. The fourth-order valence-corrected chi connectivity index (χ4v) is 5.26. The van der Waals surface area contributed by atoms with Gasteiger partial charge in [-0.25, -0.2) is 8.42 Å². The van der Waals surface area contributed by atoms with Gasteiger partial charge in [-0.3, -0.25) is 4.79 Å².